The minimum atomic E-state index is -0.964. The van der Waals surface area contributed by atoms with Crippen molar-refractivity contribution in [1.29, 1.82) is 0 Å². The highest BCUT2D eigenvalue weighted by Gasteiger charge is 2.47. The molecule has 1 aliphatic rings. The quantitative estimate of drug-likeness (QED) is 0.536. The fraction of sp³-hybridized carbons (Fsp3) is 0.280. The number of ether oxygens (including phenoxy) is 2. The van der Waals surface area contributed by atoms with Gasteiger partial charge in [-0.05, 0) is 28.8 Å². The van der Waals surface area contributed by atoms with E-state index in [0.29, 0.717) is 23.8 Å². The molecular weight excluding hydrogens is 414 g/mol. The Hall–Kier alpha value is -2.25. The van der Waals surface area contributed by atoms with Crippen LogP contribution in [0, 0.1) is 0 Å². The second-order valence-electron chi connectivity index (χ2n) is 7.71. The normalized spacial score (nSPS) is 22.5. The Morgan fingerprint density at radius 3 is 1.97 bits per heavy atom. The maximum atomic E-state index is 11.1. The van der Waals surface area contributed by atoms with Crippen LogP contribution in [-0.2, 0) is 22.7 Å². The van der Waals surface area contributed by atoms with Gasteiger partial charge in [-0.1, -0.05) is 84.4 Å². The van der Waals surface area contributed by atoms with Crippen molar-refractivity contribution < 1.29 is 19.8 Å². The van der Waals surface area contributed by atoms with Gasteiger partial charge in [0.25, 0.3) is 0 Å². The lowest BCUT2D eigenvalue weighted by Gasteiger charge is -2.29. The van der Waals surface area contributed by atoms with Crippen molar-refractivity contribution in [2.45, 2.75) is 37.6 Å². The van der Waals surface area contributed by atoms with E-state index in [9.17, 15) is 10.3 Å². The topological polar surface area (TPSA) is 62.2 Å². The van der Waals surface area contributed by atoms with E-state index < -0.39 is 24.4 Å². The van der Waals surface area contributed by atoms with Gasteiger partial charge in [0.2, 0.25) is 0 Å². The summed E-state index contributed by atoms with van der Waals surface area (Å²) in [6, 6.07) is 26.0. The molecule has 0 spiro atoms. The molecule has 0 amide bonds. The molecule has 0 aliphatic carbocycles. The van der Waals surface area contributed by atoms with Crippen LogP contribution in [0.15, 0.2) is 84.9 Å². The maximum absolute atomic E-state index is 11.1. The van der Waals surface area contributed by atoms with E-state index in [0.717, 1.165) is 16.2 Å². The minimum absolute atomic E-state index is 0.238. The number of benzene rings is 3. The van der Waals surface area contributed by atoms with Crippen molar-refractivity contribution in [2.24, 2.45) is 0 Å². The summed E-state index contributed by atoms with van der Waals surface area (Å²) in [5.41, 5.74) is 2.71. The molecule has 1 aliphatic heterocycles. The van der Waals surface area contributed by atoms with Gasteiger partial charge in [-0.3, -0.25) is 0 Å². The van der Waals surface area contributed by atoms with Gasteiger partial charge in [0.15, 0.2) is 0 Å². The molecule has 0 radical (unpaired) electrons. The SMILES string of the molecule is OC(c1ccc(Cl)cc1)[C@H]1[C@H](OCc2ccccc2)[C@@H](OCc2ccccc2)CN1O. The van der Waals surface area contributed by atoms with E-state index in [1.807, 2.05) is 60.7 Å². The first-order chi connectivity index (χ1) is 15.1. The Balaban J connectivity index is 1.53. The third kappa shape index (κ3) is 5.52. The first kappa shape index (κ1) is 22.0. The van der Waals surface area contributed by atoms with Gasteiger partial charge in [-0.15, -0.1) is 0 Å². The molecule has 2 N–H and O–H groups in total. The molecular formula is C25H26ClNO4. The largest absolute Gasteiger partial charge is 0.387 e. The second-order valence-corrected chi connectivity index (χ2v) is 8.14. The molecule has 1 heterocycles. The number of aliphatic hydroxyl groups is 1. The lowest BCUT2D eigenvalue weighted by molar-refractivity contribution is -0.157. The number of aliphatic hydroxyl groups excluding tert-OH is 1. The molecule has 3 aromatic rings. The number of hydrogen-bond donors (Lipinski definition) is 2. The van der Waals surface area contributed by atoms with Crippen LogP contribution < -0.4 is 0 Å². The van der Waals surface area contributed by atoms with Crippen molar-refractivity contribution in [2.75, 3.05) is 6.54 Å². The Morgan fingerprint density at radius 2 is 1.39 bits per heavy atom. The zero-order valence-corrected chi connectivity index (χ0v) is 17.8. The van der Waals surface area contributed by atoms with E-state index in [1.165, 1.54) is 0 Å². The fourth-order valence-electron chi connectivity index (χ4n) is 3.90. The number of hydroxylamine groups is 2. The summed E-state index contributed by atoms with van der Waals surface area (Å²) in [5.74, 6) is 0. The third-order valence-electron chi connectivity index (χ3n) is 5.54. The first-order valence-corrected chi connectivity index (χ1v) is 10.7. The van der Waals surface area contributed by atoms with E-state index in [4.69, 9.17) is 21.1 Å². The summed E-state index contributed by atoms with van der Waals surface area (Å²) in [6.45, 7) is 0.990. The molecule has 162 valence electrons. The second kappa shape index (κ2) is 10.4. The minimum Gasteiger partial charge on any atom is -0.387 e. The van der Waals surface area contributed by atoms with Crippen molar-refractivity contribution in [1.82, 2.24) is 5.06 Å². The molecule has 1 fully saturated rings. The molecule has 1 saturated heterocycles. The lowest BCUT2D eigenvalue weighted by atomic mass is 9.98. The van der Waals surface area contributed by atoms with Crippen molar-refractivity contribution in [3.8, 4) is 0 Å². The Morgan fingerprint density at radius 1 is 0.839 bits per heavy atom. The summed E-state index contributed by atoms with van der Waals surface area (Å²) in [7, 11) is 0. The molecule has 0 bridgehead atoms. The molecule has 0 saturated carbocycles. The van der Waals surface area contributed by atoms with Gasteiger partial charge in [0.1, 0.15) is 12.2 Å². The predicted octanol–water partition coefficient (Wildman–Crippen LogP) is 4.62. The highest BCUT2D eigenvalue weighted by Crippen LogP contribution is 2.33. The Kier molecular flexibility index (Phi) is 7.35. The molecule has 5 nitrogen and oxygen atoms in total. The van der Waals surface area contributed by atoms with Crippen molar-refractivity contribution in [3.63, 3.8) is 0 Å². The molecule has 4 rings (SSSR count). The molecule has 1 unspecified atom stereocenters. The average molecular weight is 440 g/mol. The van der Waals surface area contributed by atoms with Gasteiger partial charge in [-0.2, -0.15) is 5.06 Å². The van der Waals surface area contributed by atoms with Crippen LogP contribution in [-0.4, -0.2) is 40.2 Å². The fourth-order valence-corrected chi connectivity index (χ4v) is 4.02. The van der Waals surface area contributed by atoms with Crippen LogP contribution in [0.2, 0.25) is 5.02 Å². The summed E-state index contributed by atoms with van der Waals surface area (Å²) < 4.78 is 12.4. The van der Waals surface area contributed by atoms with Crippen LogP contribution in [0.4, 0.5) is 0 Å². The molecule has 3 aromatic carbocycles. The van der Waals surface area contributed by atoms with Crippen molar-refractivity contribution in [3.05, 3.63) is 107 Å². The van der Waals surface area contributed by atoms with Crippen LogP contribution in [0.5, 0.6) is 0 Å². The zero-order chi connectivity index (χ0) is 21.6. The number of nitrogens with zero attached hydrogens (tertiary/aromatic N) is 1. The highest BCUT2D eigenvalue weighted by molar-refractivity contribution is 6.30. The van der Waals surface area contributed by atoms with E-state index in [-0.39, 0.29) is 6.54 Å². The third-order valence-corrected chi connectivity index (χ3v) is 5.79. The highest BCUT2D eigenvalue weighted by atomic mass is 35.5. The van der Waals surface area contributed by atoms with Gasteiger partial charge >= 0.3 is 0 Å². The van der Waals surface area contributed by atoms with Gasteiger partial charge in [0.05, 0.1) is 31.9 Å². The maximum Gasteiger partial charge on any atom is 0.106 e. The zero-order valence-electron chi connectivity index (χ0n) is 17.0. The molecule has 6 heteroatoms. The molecule has 31 heavy (non-hydrogen) atoms. The van der Waals surface area contributed by atoms with E-state index in [1.54, 1.807) is 24.3 Å². The monoisotopic (exact) mass is 439 g/mol. The predicted molar refractivity (Wildman–Crippen MR) is 119 cm³/mol. The average Bonchev–Trinajstić information content (AvgIpc) is 3.12. The van der Waals surface area contributed by atoms with Crippen LogP contribution in [0.25, 0.3) is 0 Å². The number of rotatable bonds is 8. The van der Waals surface area contributed by atoms with Gasteiger partial charge in [0, 0.05) is 5.02 Å². The Bertz CT molecular complexity index is 939. The summed E-state index contributed by atoms with van der Waals surface area (Å²) >= 11 is 5.99. The standard InChI is InChI=1S/C25H26ClNO4/c26-21-13-11-20(12-14-21)24(28)23-25(31-17-19-9-5-2-6-10-19)22(15-27(23)29)30-16-18-7-3-1-4-8-18/h1-14,22-25,28-29H,15-17H2/t22-,23-,24?,25+/m0/s1. The van der Waals surface area contributed by atoms with Crippen molar-refractivity contribution >= 4 is 11.6 Å². The van der Waals surface area contributed by atoms with E-state index in [2.05, 4.69) is 0 Å². The smallest absolute Gasteiger partial charge is 0.106 e. The van der Waals surface area contributed by atoms with Gasteiger partial charge < -0.3 is 19.8 Å². The summed E-state index contributed by atoms with van der Waals surface area (Å²) in [4.78, 5) is 0. The molecule has 4 atom stereocenters. The summed E-state index contributed by atoms with van der Waals surface area (Å²) in [6.07, 6.45) is -1.89. The van der Waals surface area contributed by atoms with Crippen LogP contribution >= 0.6 is 11.6 Å². The lowest BCUT2D eigenvalue weighted by Crippen LogP contribution is -2.41. The summed E-state index contributed by atoms with van der Waals surface area (Å²) in [5, 5.41) is 23.5. The Labute approximate surface area is 187 Å². The van der Waals surface area contributed by atoms with Crippen LogP contribution in [0.3, 0.4) is 0 Å². The number of hydrogen-bond acceptors (Lipinski definition) is 5. The van der Waals surface area contributed by atoms with Gasteiger partial charge in [-0.25, -0.2) is 0 Å². The van der Waals surface area contributed by atoms with E-state index >= 15 is 0 Å². The number of halogens is 1. The van der Waals surface area contributed by atoms with Crippen LogP contribution in [0.1, 0.15) is 22.8 Å². The molecule has 0 aromatic heterocycles. The first-order valence-electron chi connectivity index (χ1n) is 10.3.